The van der Waals surface area contributed by atoms with Crippen LogP contribution in [0.5, 0.6) is 5.75 Å². The number of nitrogens with one attached hydrogen (secondary N) is 3. The van der Waals surface area contributed by atoms with Gasteiger partial charge in [0.05, 0.1) is 13.0 Å². The van der Waals surface area contributed by atoms with Crippen molar-refractivity contribution >= 4 is 11.9 Å². The van der Waals surface area contributed by atoms with Gasteiger partial charge in [0.2, 0.25) is 5.91 Å². The van der Waals surface area contributed by atoms with E-state index in [-0.39, 0.29) is 23.9 Å². The van der Waals surface area contributed by atoms with Crippen LogP contribution in [-0.2, 0) is 11.2 Å². The zero-order valence-electron chi connectivity index (χ0n) is 15.6. The minimum absolute atomic E-state index is 0.0166. The van der Waals surface area contributed by atoms with Gasteiger partial charge in [-0.3, -0.25) is 4.79 Å². The summed E-state index contributed by atoms with van der Waals surface area (Å²) < 4.78 is 5.31. The maximum atomic E-state index is 12.3. The van der Waals surface area contributed by atoms with Crippen LogP contribution >= 0.6 is 0 Å². The number of ether oxygens (including phenoxy) is 1. The predicted octanol–water partition coefficient (Wildman–Crippen LogP) is 2.33. The highest BCUT2D eigenvalue weighted by atomic mass is 16.5. The SMILES string of the molecule is CNC(=O)C1CCCC1NC(=O)NCC1CCCc2cc(OC)ccc21. The summed E-state index contributed by atoms with van der Waals surface area (Å²) in [6, 6.07) is 5.97. The fourth-order valence-corrected chi connectivity index (χ4v) is 4.30. The summed E-state index contributed by atoms with van der Waals surface area (Å²) in [6.07, 6.45) is 5.92. The standard InChI is InChI=1S/C20H29N3O3/c1-21-19(24)17-7-4-8-18(17)23-20(25)22-12-14-6-3-5-13-11-15(26-2)9-10-16(13)14/h9-11,14,17-18H,3-8,12H2,1-2H3,(H,21,24)(H2,22,23,25). The molecule has 2 aliphatic carbocycles. The Morgan fingerprint density at radius 3 is 2.81 bits per heavy atom. The number of rotatable bonds is 5. The first-order valence-electron chi connectivity index (χ1n) is 9.55. The van der Waals surface area contributed by atoms with Gasteiger partial charge in [0.1, 0.15) is 5.75 Å². The van der Waals surface area contributed by atoms with Crippen molar-refractivity contribution in [2.45, 2.75) is 50.5 Å². The van der Waals surface area contributed by atoms with Gasteiger partial charge in [-0.05, 0) is 55.4 Å². The number of methoxy groups -OCH3 is 1. The summed E-state index contributed by atoms with van der Waals surface area (Å²) in [5.41, 5.74) is 2.62. The van der Waals surface area contributed by atoms with Gasteiger partial charge >= 0.3 is 6.03 Å². The average molecular weight is 359 g/mol. The van der Waals surface area contributed by atoms with Gasteiger partial charge in [0.15, 0.2) is 0 Å². The number of urea groups is 1. The first-order valence-corrected chi connectivity index (χ1v) is 9.55. The van der Waals surface area contributed by atoms with Gasteiger partial charge in [0.25, 0.3) is 0 Å². The minimum atomic E-state index is -0.175. The fourth-order valence-electron chi connectivity index (χ4n) is 4.30. The summed E-state index contributed by atoms with van der Waals surface area (Å²) in [5.74, 6) is 1.11. The van der Waals surface area contributed by atoms with Gasteiger partial charge in [-0.1, -0.05) is 12.5 Å². The zero-order chi connectivity index (χ0) is 18.5. The van der Waals surface area contributed by atoms with Crippen LogP contribution in [0.3, 0.4) is 0 Å². The lowest BCUT2D eigenvalue weighted by molar-refractivity contribution is -0.124. The van der Waals surface area contributed by atoms with Crippen molar-refractivity contribution in [3.8, 4) is 5.75 Å². The van der Waals surface area contributed by atoms with Crippen LogP contribution in [0.1, 0.15) is 49.1 Å². The molecule has 1 saturated carbocycles. The summed E-state index contributed by atoms with van der Waals surface area (Å²) in [6.45, 7) is 0.614. The summed E-state index contributed by atoms with van der Waals surface area (Å²) in [4.78, 5) is 24.2. The number of fused-ring (bicyclic) bond motifs is 1. The maximum absolute atomic E-state index is 12.3. The van der Waals surface area contributed by atoms with Gasteiger partial charge < -0.3 is 20.7 Å². The number of carbonyl (C=O) groups is 2. The average Bonchev–Trinajstić information content (AvgIpc) is 3.13. The number of carbonyl (C=O) groups excluding carboxylic acids is 2. The lowest BCUT2D eigenvalue weighted by Crippen LogP contribution is -2.47. The van der Waals surface area contributed by atoms with Crippen molar-refractivity contribution < 1.29 is 14.3 Å². The molecule has 0 saturated heterocycles. The third kappa shape index (κ3) is 4.11. The van der Waals surface area contributed by atoms with Crippen LogP contribution in [0.15, 0.2) is 18.2 Å². The van der Waals surface area contributed by atoms with Crippen molar-refractivity contribution in [1.82, 2.24) is 16.0 Å². The first kappa shape index (κ1) is 18.5. The quantitative estimate of drug-likeness (QED) is 0.755. The molecule has 6 nitrogen and oxygen atoms in total. The molecule has 26 heavy (non-hydrogen) atoms. The van der Waals surface area contributed by atoms with E-state index in [2.05, 4.69) is 28.1 Å². The molecule has 3 rings (SSSR count). The van der Waals surface area contributed by atoms with Crippen LogP contribution in [0, 0.1) is 5.92 Å². The largest absolute Gasteiger partial charge is 0.497 e. The molecule has 0 heterocycles. The van der Waals surface area contributed by atoms with Gasteiger partial charge in [-0.2, -0.15) is 0 Å². The molecule has 0 aromatic heterocycles. The van der Waals surface area contributed by atoms with E-state index in [0.29, 0.717) is 12.5 Å². The van der Waals surface area contributed by atoms with E-state index in [9.17, 15) is 9.59 Å². The molecule has 0 aliphatic heterocycles. The monoisotopic (exact) mass is 359 g/mol. The Kier molecular flexibility index (Phi) is 6.01. The Labute approximate surface area is 155 Å². The highest BCUT2D eigenvalue weighted by Gasteiger charge is 2.33. The zero-order valence-corrected chi connectivity index (χ0v) is 15.6. The van der Waals surface area contributed by atoms with Crippen LogP contribution in [0.4, 0.5) is 4.79 Å². The highest BCUT2D eigenvalue weighted by Crippen LogP contribution is 2.33. The topological polar surface area (TPSA) is 79.5 Å². The minimum Gasteiger partial charge on any atom is -0.497 e. The van der Waals surface area contributed by atoms with Gasteiger partial charge in [0, 0.05) is 25.6 Å². The number of amides is 3. The molecule has 0 bridgehead atoms. The van der Waals surface area contributed by atoms with Gasteiger partial charge in [-0.25, -0.2) is 4.79 Å². The van der Waals surface area contributed by atoms with Crippen LogP contribution < -0.4 is 20.7 Å². The summed E-state index contributed by atoms with van der Waals surface area (Å²) in [5, 5.41) is 8.70. The Balaban J connectivity index is 1.55. The molecule has 0 spiro atoms. The molecule has 3 unspecified atom stereocenters. The third-order valence-electron chi connectivity index (χ3n) is 5.71. The van der Waals surface area contributed by atoms with E-state index < -0.39 is 0 Å². The number of aryl methyl sites for hydroxylation is 1. The van der Waals surface area contributed by atoms with Gasteiger partial charge in [-0.15, -0.1) is 0 Å². The van der Waals surface area contributed by atoms with E-state index >= 15 is 0 Å². The van der Waals surface area contributed by atoms with Crippen molar-refractivity contribution in [3.05, 3.63) is 29.3 Å². The van der Waals surface area contributed by atoms with E-state index in [4.69, 9.17) is 4.74 Å². The summed E-state index contributed by atoms with van der Waals surface area (Å²) in [7, 11) is 3.33. The fraction of sp³-hybridized carbons (Fsp3) is 0.600. The smallest absolute Gasteiger partial charge is 0.315 e. The molecule has 3 atom stereocenters. The lowest BCUT2D eigenvalue weighted by Gasteiger charge is -2.27. The molecule has 1 fully saturated rings. The highest BCUT2D eigenvalue weighted by molar-refractivity contribution is 5.81. The molecule has 6 heteroatoms. The second kappa shape index (κ2) is 8.43. The van der Waals surface area contributed by atoms with E-state index in [1.807, 2.05) is 6.07 Å². The lowest BCUT2D eigenvalue weighted by atomic mass is 9.82. The molecule has 1 aromatic carbocycles. The molecule has 1 aromatic rings. The van der Waals surface area contributed by atoms with E-state index in [1.54, 1.807) is 14.2 Å². The number of hydrogen-bond donors (Lipinski definition) is 3. The predicted molar refractivity (Wildman–Crippen MR) is 100 cm³/mol. The molecular weight excluding hydrogens is 330 g/mol. The summed E-state index contributed by atoms with van der Waals surface area (Å²) >= 11 is 0. The van der Waals surface area contributed by atoms with Crippen molar-refractivity contribution in [1.29, 1.82) is 0 Å². The van der Waals surface area contributed by atoms with Crippen molar-refractivity contribution in [2.24, 2.45) is 5.92 Å². The van der Waals surface area contributed by atoms with Crippen molar-refractivity contribution in [2.75, 3.05) is 20.7 Å². The third-order valence-corrected chi connectivity index (χ3v) is 5.71. The van der Waals surface area contributed by atoms with Crippen LogP contribution in [0.25, 0.3) is 0 Å². The molecular formula is C20H29N3O3. The Morgan fingerprint density at radius 1 is 1.19 bits per heavy atom. The molecule has 3 N–H and O–H groups in total. The van der Waals surface area contributed by atoms with Crippen LogP contribution in [-0.4, -0.2) is 38.7 Å². The molecule has 0 radical (unpaired) electrons. The molecule has 142 valence electrons. The second-order valence-corrected chi connectivity index (χ2v) is 7.27. The Bertz CT molecular complexity index is 662. The first-order chi connectivity index (χ1) is 12.6. The Morgan fingerprint density at radius 2 is 2.04 bits per heavy atom. The van der Waals surface area contributed by atoms with E-state index in [1.165, 1.54) is 11.1 Å². The second-order valence-electron chi connectivity index (χ2n) is 7.27. The van der Waals surface area contributed by atoms with Crippen molar-refractivity contribution in [3.63, 3.8) is 0 Å². The maximum Gasteiger partial charge on any atom is 0.315 e. The molecule has 2 aliphatic rings. The number of benzene rings is 1. The Hall–Kier alpha value is -2.24. The molecule has 3 amide bonds. The van der Waals surface area contributed by atoms with Crippen LogP contribution in [0.2, 0.25) is 0 Å². The number of hydrogen-bond acceptors (Lipinski definition) is 3. The van der Waals surface area contributed by atoms with E-state index in [0.717, 1.165) is 44.3 Å². The normalized spacial score (nSPS) is 24.5.